The molecule has 0 bridgehead atoms. The fourth-order valence-electron chi connectivity index (χ4n) is 2.30. The maximum Gasteiger partial charge on any atom is 0.434 e. The summed E-state index contributed by atoms with van der Waals surface area (Å²) in [5.41, 5.74) is -1.37. The molecular weight excluding hydrogens is 349 g/mol. The highest BCUT2D eigenvalue weighted by atomic mass is 32.1. The number of aromatic nitrogens is 2. The number of benzene rings is 2. The normalized spacial score (nSPS) is 11.4. The van der Waals surface area contributed by atoms with Crippen molar-refractivity contribution in [3.63, 3.8) is 0 Å². The lowest BCUT2D eigenvalue weighted by Crippen LogP contribution is -2.18. The largest absolute Gasteiger partial charge is 0.434 e. The summed E-state index contributed by atoms with van der Waals surface area (Å²) in [5.74, 6) is -0.916. The third kappa shape index (κ3) is 3.56. The molecule has 0 saturated heterocycles. The second kappa shape index (κ2) is 6.68. The van der Waals surface area contributed by atoms with Crippen LogP contribution in [0.25, 0.3) is 11.4 Å². The minimum absolute atomic E-state index is 0.0624. The first kappa shape index (κ1) is 17.2. The SMILES string of the molecule is O=C(c1ccccc1S)c1cnc(-c2ccccc2)nc1C(F)(F)F. The predicted molar refractivity (Wildman–Crippen MR) is 89.6 cm³/mol. The van der Waals surface area contributed by atoms with E-state index in [1.165, 1.54) is 12.1 Å². The number of nitrogens with zero attached hydrogens (tertiary/aromatic N) is 2. The van der Waals surface area contributed by atoms with Gasteiger partial charge in [-0.05, 0) is 12.1 Å². The Kier molecular flexibility index (Phi) is 4.59. The van der Waals surface area contributed by atoms with Crippen molar-refractivity contribution in [2.75, 3.05) is 0 Å². The number of alkyl halides is 3. The van der Waals surface area contributed by atoms with Crippen LogP contribution >= 0.6 is 12.6 Å². The van der Waals surface area contributed by atoms with E-state index in [-0.39, 0.29) is 16.3 Å². The van der Waals surface area contributed by atoms with Gasteiger partial charge < -0.3 is 0 Å². The van der Waals surface area contributed by atoms with Crippen molar-refractivity contribution in [1.29, 1.82) is 0 Å². The maximum atomic E-state index is 13.5. The Morgan fingerprint density at radius 1 is 0.920 bits per heavy atom. The first-order valence-corrected chi connectivity index (χ1v) is 7.65. The molecule has 25 heavy (non-hydrogen) atoms. The number of halogens is 3. The van der Waals surface area contributed by atoms with Gasteiger partial charge in [0.2, 0.25) is 0 Å². The van der Waals surface area contributed by atoms with E-state index in [2.05, 4.69) is 22.6 Å². The van der Waals surface area contributed by atoms with E-state index in [1.54, 1.807) is 42.5 Å². The molecule has 7 heteroatoms. The molecular formula is C18H11F3N2OS. The second-order valence-corrected chi connectivity index (χ2v) is 5.65. The van der Waals surface area contributed by atoms with Crippen LogP contribution in [-0.4, -0.2) is 15.8 Å². The predicted octanol–water partition coefficient (Wildman–Crippen LogP) is 4.68. The minimum Gasteiger partial charge on any atom is -0.288 e. The molecule has 3 aromatic rings. The molecule has 0 radical (unpaired) electrons. The Balaban J connectivity index is 2.14. The van der Waals surface area contributed by atoms with E-state index in [0.717, 1.165) is 6.20 Å². The van der Waals surface area contributed by atoms with Gasteiger partial charge in [-0.15, -0.1) is 12.6 Å². The van der Waals surface area contributed by atoms with Crippen LogP contribution in [-0.2, 0) is 6.18 Å². The summed E-state index contributed by atoms with van der Waals surface area (Å²) in [6.07, 6.45) is -3.87. The summed E-state index contributed by atoms with van der Waals surface area (Å²) in [6, 6.07) is 14.4. The number of ketones is 1. The fraction of sp³-hybridized carbons (Fsp3) is 0.0556. The molecule has 0 unspecified atom stereocenters. The molecule has 3 rings (SSSR count). The van der Waals surface area contributed by atoms with Crippen molar-refractivity contribution in [2.45, 2.75) is 11.1 Å². The molecule has 1 heterocycles. The summed E-state index contributed by atoms with van der Waals surface area (Å²) >= 11 is 4.13. The number of thiol groups is 1. The molecule has 0 saturated carbocycles. The third-order valence-electron chi connectivity index (χ3n) is 3.48. The van der Waals surface area contributed by atoms with Crippen LogP contribution in [0.4, 0.5) is 13.2 Å². The maximum absolute atomic E-state index is 13.5. The molecule has 0 N–H and O–H groups in total. The van der Waals surface area contributed by atoms with E-state index in [4.69, 9.17) is 0 Å². The van der Waals surface area contributed by atoms with E-state index in [1.807, 2.05) is 0 Å². The van der Waals surface area contributed by atoms with E-state index in [0.29, 0.717) is 5.56 Å². The Hall–Kier alpha value is -2.67. The summed E-state index contributed by atoms with van der Waals surface area (Å²) in [7, 11) is 0. The van der Waals surface area contributed by atoms with Crippen LogP contribution in [0, 0.1) is 0 Å². The third-order valence-corrected chi connectivity index (χ3v) is 3.87. The molecule has 2 aromatic carbocycles. The quantitative estimate of drug-likeness (QED) is 0.545. The summed E-state index contributed by atoms with van der Waals surface area (Å²) < 4.78 is 40.4. The molecule has 0 atom stereocenters. The molecule has 1 aromatic heterocycles. The van der Waals surface area contributed by atoms with Gasteiger partial charge in [0.15, 0.2) is 17.3 Å². The average molecular weight is 360 g/mol. The first-order chi connectivity index (χ1) is 11.9. The van der Waals surface area contributed by atoms with Gasteiger partial charge in [0.25, 0.3) is 0 Å². The molecule has 0 fully saturated rings. The van der Waals surface area contributed by atoms with Crippen molar-refractivity contribution in [3.05, 3.63) is 77.6 Å². The van der Waals surface area contributed by atoms with Gasteiger partial charge in [0.05, 0.1) is 5.56 Å². The Bertz CT molecular complexity index is 927. The number of carbonyl (C=O) groups excluding carboxylic acids is 1. The molecule has 126 valence electrons. The van der Waals surface area contributed by atoms with Gasteiger partial charge in [-0.25, -0.2) is 9.97 Å². The highest BCUT2D eigenvalue weighted by Crippen LogP contribution is 2.33. The topological polar surface area (TPSA) is 42.9 Å². The molecule has 3 nitrogen and oxygen atoms in total. The molecule has 0 amide bonds. The lowest BCUT2D eigenvalue weighted by Gasteiger charge is -2.13. The van der Waals surface area contributed by atoms with Crippen molar-refractivity contribution in [3.8, 4) is 11.4 Å². The number of hydrogen-bond donors (Lipinski definition) is 1. The number of rotatable bonds is 3. The van der Waals surface area contributed by atoms with Crippen molar-refractivity contribution >= 4 is 18.4 Å². The molecule has 0 aliphatic carbocycles. The number of hydrogen-bond acceptors (Lipinski definition) is 4. The second-order valence-electron chi connectivity index (χ2n) is 5.17. The highest BCUT2D eigenvalue weighted by Gasteiger charge is 2.38. The summed E-state index contributed by atoms with van der Waals surface area (Å²) in [5, 5.41) is 0. The summed E-state index contributed by atoms with van der Waals surface area (Å²) in [6.45, 7) is 0. The summed E-state index contributed by atoms with van der Waals surface area (Å²) in [4.78, 5) is 20.4. The molecule has 0 aliphatic heterocycles. The van der Waals surface area contributed by atoms with Gasteiger partial charge in [0.1, 0.15) is 0 Å². The van der Waals surface area contributed by atoms with Crippen LogP contribution in [0.3, 0.4) is 0 Å². The van der Waals surface area contributed by atoms with Crippen molar-refractivity contribution < 1.29 is 18.0 Å². The zero-order chi connectivity index (χ0) is 18.0. The Morgan fingerprint density at radius 2 is 1.56 bits per heavy atom. The van der Waals surface area contributed by atoms with E-state index < -0.39 is 23.2 Å². The number of carbonyl (C=O) groups is 1. The Labute approximate surface area is 147 Å². The van der Waals surface area contributed by atoms with Crippen LogP contribution < -0.4 is 0 Å². The van der Waals surface area contributed by atoms with Crippen LogP contribution in [0.5, 0.6) is 0 Å². The van der Waals surface area contributed by atoms with Gasteiger partial charge in [-0.2, -0.15) is 13.2 Å². The monoisotopic (exact) mass is 360 g/mol. The Morgan fingerprint density at radius 3 is 2.20 bits per heavy atom. The van der Waals surface area contributed by atoms with Crippen molar-refractivity contribution in [2.24, 2.45) is 0 Å². The van der Waals surface area contributed by atoms with Gasteiger partial charge in [-0.3, -0.25) is 4.79 Å². The zero-order valence-electron chi connectivity index (χ0n) is 12.7. The lowest BCUT2D eigenvalue weighted by molar-refractivity contribution is -0.141. The first-order valence-electron chi connectivity index (χ1n) is 7.20. The van der Waals surface area contributed by atoms with Gasteiger partial charge in [0, 0.05) is 22.2 Å². The lowest BCUT2D eigenvalue weighted by atomic mass is 10.0. The average Bonchev–Trinajstić information content (AvgIpc) is 2.61. The van der Waals surface area contributed by atoms with Gasteiger partial charge in [-0.1, -0.05) is 42.5 Å². The van der Waals surface area contributed by atoms with Gasteiger partial charge >= 0.3 is 6.18 Å². The van der Waals surface area contributed by atoms with Crippen LogP contribution in [0.15, 0.2) is 65.7 Å². The highest BCUT2D eigenvalue weighted by molar-refractivity contribution is 7.80. The minimum atomic E-state index is -4.79. The fourth-order valence-corrected chi connectivity index (χ4v) is 2.56. The van der Waals surface area contributed by atoms with E-state index in [9.17, 15) is 18.0 Å². The van der Waals surface area contributed by atoms with Crippen LogP contribution in [0.2, 0.25) is 0 Å². The smallest absolute Gasteiger partial charge is 0.288 e. The van der Waals surface area contributed by atoms with Crippen LogP contribution in [0.1, 0.15) is 21.6 Å². The zero-order valence-corrected chi connectivity index (χ0v) is 13.6. The standard InChI is InChI=1S/C18H11F3N2OS/c19-18(20,21)16-13(15(24)12-8-4-5-9-14(12)25)10-22-17(23-16)11-6-2-1-3-7-11/h1-10,25H. The molecule has 0 aliphatic rings. The molecule has 0 spiro atoms. The van der Waals surface area contributed by atoms with Crippen molar-refractivity contribution in [1.82, 2.24) is 9.97 Å². The van der Waals surface area contributed by atoms with E-state index >= 15 is 0 Å².